The van der Waals surface area contributed by atoms with Gasteiger partial charge in [0.15, 0.2) is 0 Å². The SMILES string of the molecule is C[Si](C)(C)CCOCn1ccc2cc(N3CC4COCC4C3)cnc21. The molecule has 0 spiro atoms. The molecule has 2 atom stereocenters. The molecular formula is C19H29N3O2Si. The molecule has 0 saturated carbocycles. The number of aromatic nitrogens is 2. The van der Waals surface area contributed by atoms with Gasteiger partial charge in [-0.05, 0) is 18.2 Å². The van der Waals surface area contributed by atoms with Crippen molar-refractivity contribution in [1.29, 1.82) is 0 Å². The molecule has 2 unspecified atom stereocenters. The van der Waals surface area contributed by atoms with E-state index in [1.165, 1.54) is 17.1 Å². The quantitative estimate of drug-likeness (QED) is 0.585. The molecule has 2 aliphatic rings. The first-order valence-electron chi connectivity index (χ1n) is 9.35. The highest BCUT2D eigenvalue weighted by Crippen LogP contribution is 2.33. The van der Waals surface area contributed by atoms with Crippen molar-refractivity contribution in [3.63, 3.8) is 0 Å². The zero-order chi connectivity index (χ0) is 17.4. The third-order valence-electron chi connectivity index (χ3n) is 5.42. The van der Waals surface area contributed by atoms with Crippen molar-refractivity contribution in [3.05, 3.63) is 24.5 Å². The molecule has 2 aromatic heterocycles. The van der Waals surface area contributed by atoms with Gasteiger partial charge in [0.1, 0.15) is 12.4 Å². The number of ether oxygens (including phenoxy) is 2. The number of fused-ring (bicyclic) bond motifs is 2. The fraction of sp³-hybridized carbons (Fsp3) is 0.632. The predicted molar refractivity (Wildman–Crippen MR) is 104 cm³/mol. The van der Waals surface area contributed by atoms with Crippen LogP contribution in [0, 0.1) is 11.8 Å². The average Bonchev–Trinajstić information content (AvgIpc) is 3.24. The fourth-order valence-electron chi connectivity index (χ4n) is 3.78. The topological polar surface area (TPSA) is 39.5 Å². The highest BCUT2D eigenvalue weighted by atomic mass is 28.3. The molecule has 4 heterocycles. The van der Waals surface area contributed by atoms with E-state index in [1.54, 1.807) is 0 Å². The van der Waals surface area contributed by atoms with Gasteiger partial charge in [-0.25, -0.2) is 4.98 Å². The smallest absolute Gasteiger partial charge is 0.141 e. The summed E-state index contributed by atoms with van der Waals surface area (Å²) in [5.74, 6) is 1.39. The molecule has 0 N–H and O–H groups in total. The van der Waals surface area contributed by atoms with E-state index in [9.17, 15) is 0 Å². The Hall–Kier alpha value is -1.37. The normalized spacial score (nSPS) is 23.6. The van der Waals surface area contributed by atoms with E-state index in [2.05, 4.69) is 47.4 Å². The molecule has 2 aromatic rings. The molecule has 2 aliphatic heterocycles. The number of hydrogen-bond acceptors (Lipinski definition) is 4. The molecule has 0 radical (unpaired) electrons. The van der Waals surface area contributed by atoms with Crippen LogP contribution in [0.2, 0.25) is 25.7 Å². The first-order chi connectivity index (χ1) is 12.0. The minimum Gasteiger partial charge on any atom is -0.381 e. The largest absolute Gasteiger partial charge is 0.381 e. The Morgan fingerprint density at radius 1 is 1.24 bits per heavy atom. The van der Waals surface area contributed by atoms with Crippen LogP contribution in [0.3, 0.4) is 0 Å². The molecule has 0 amide bonds. The first-order valence-corrected chi connectivity index (χ1v) is 13.1. The van der Waals surface area contributed by atoms with Crippen molar-refractivity contribution in [2.24, 2.45) is 11.8 Å². The van der Waals surface area contributed by atoms with E-state index < -0.39 is 8.07 Å². The maximum atomic E-state index is 5.88. The van der Waals surface area contributed by atoms with Crippen LogP contribution in [-0.4, -0.2) is 50.5 Å². The molecule has 5 nitrogen and oxygen atoms in total. The summed E-state index contributed by atoms with van der Waals surface area (Å²) >= 11 is 0. The number of hydrogen-bond donors (Lipinski definition) is 0. The Kier molecular flexibility index (Phi) is 4.60. The predicted octanol–water partition coefficient (Wildman–Crippen LogP) is 3.43. The second kappa shape index (κ2) is 6.74. The Labute approximate surface area is 150 Å². The molecule has 0 aliphatic carbocycles. The third-order valence-corrected chi connectivity index (χ3v) is 7.12. The van der Waals surface area contributed by atoms with Crippen LogP contribution in [0.1, 0.15) is 0 Å². The maximum absolute atomic E-state index is 5.88. The molecule has 2 fully saturated rings. The molecule has 0 aromatic carbocycles. The Balaban J connectivity index is 1.41. The van der Waals surface area contributed by atoms with Gasteiger partial charge in [0.05, 0.1) is 25.1 Å². The van der Waals surface area contributed by atoms with E-state index in [4.69, 9.17) is 14.5 Å². The molecule has 2 saturated heterocycles. The van der Waals surface area contributed by atoms with Gasteiger partial charge in [0.2, 0.25) is 0 Å². The van der Waals surface area contributed by atoms with Crippen molar-refractivity contribution in [2.45, 2.75) is 32.4 Å². The lowest BCUT2D eigenvalue weighted by molar-refractivity contribution is 0.0899. The van der Waals surface area contributed by atoms with Gasteiger partial charge in [-0.15, -0.1) is 0 Å². The zero-order valence-electron chi connectivity index (χ0n) is 15.6. The summed E-state index contributed by atoms with van der Waals surface area (Å²) in [5, 5.41) is 1.19. The second-order valence-corrected chi connectivity index (χ2v) is 14.3. The summed E-state index contributed by atoms with van der Waals surface area (Å²) in [6, 6.07) is 5.61. The molecule has 136 valence electrons. The Morgan fingerprint density at radius 3 is 2.72 bits per heavy atom. The number of nitrogens with zero attached hydrogens (tertiary/aromatic N) is 3. The summed E-state index contributed by atoms with van der Waals surface area (Å²) in [7, 11) is -1.03. The number of rotatable bonds is 6. The second-order valence-electron chi connectivity index (χ2n) is 8.70. The van der Waals surface area contributed by atoms with Crippen LogP contribution >= 0.6 is 0 Å². The summed E-state index contributed by atoms with van der Waals surface area (Å²) in [6.07, 6.45) is 4.10. The highest BCUT2D eigenvalue weighted by Gasteiger charge is 2.37. The van der Waals surface area contributed by atoms with Gasteiger partial charge in [-0.1, -0.05) is 19.6 Å². The van der Waals surface area contributed by atoms with Crippen molar-refractivity contribution in [1.82, 2.24) is 9.55 Å². The van der Waals surface area contributed by atoms with Gasteiger partial charge in [-0.2, -0.15) is 0 Å². The van der Waals surface area contributed by atoms with Crippen LogP contribution in [0.25, 0.3) is 11.0 Å². The molecule has 6 heteroatoms. The fourth-order valence-corrected chi connectivity index (χ4v) is 4.54. The molecular weight excluding hydrogens is 330 g/mol. The van der Waals surface area contributed by atoms with Crippen molar-refractivity contribution in [2.75, 3.05) is 37.8 Å². The van der Waals surface area contributed by atoms with Crippen LogP contribution in [0.4, 0.5) is 5.69 Å². The summed E-state index contributed by atoms with van der Waals surface area (Å²) in [4.78, 5) is 7.19. The van der Waals surface area contributed by atoms with Gasteiger partial charge >= 0.3 is 0 Å². The van der Waals surface area contributed by atoms with Gasteiger partial charge in [0, 0.05) is 51.2 Å². The van der Waals surface area contributed by atoms with E-state index in [1.807, 2.05) is 6.20 Å². The van der Waals surface area contributed by atoms with Gasteiger partial charge in [0.25, 0.3) is 0 Å². The Bertz CT molecular complexity index is 728. The minimum absolute atomic E-state index is 0.589. The van der Waals surface area contributed by atoms with Crippen LogP contribution in [0.15, 0.2) is 24.5 Å². The zero-order valence-corrected chi connectivity index (χ0v) is 16.6. The van der Waals surface area contributed by atoms with E-state index in [0.29, 0.717) is 18.6 Å². The maximum Gasteiger partial charge on any atom is 0.141 e. The van der Waals surface area contributed by atoms with Gasteiger partial charge < -0.3 is 18.9 Å². The van der Waals surface area contributed by atoms with Crippen LogP contribution in [-0.2, 0) is 16.2 Å². The lowest BCUT2D eigenvalue weighted by atomic mass is 10.0. The number of pyridine rings is 1. The van der Waals surface area contributed by atoms with Crippen molar-refractivity contribution in [3.8, 4) is 0 Å². The molecule has 0 bridgehead atoms. The molecule has 4 rings (SSSR count). The first kappa shape index (κ1) is 17.1. The monoisotopic (exact) mass is 359 g/mol. The van der Waals surface area contributed by atoms with Crippen LogP contribution in [0.5, 0.6) is 0 Å². The van der Waals surface area contributed by atoms with Crippen molar-refractivity contribution < 1.29 is 9.47 Å². The summed E-state index contributed by atoms with van der Waals surface area (Å²) in [5.41, 5.74) is 2.25. The van der Waals surface area contributed by atoms with E-state index >= 15 is 0 Å². The minimum atomic E-state index is -1.03. The number of anilines is 1. The third kappa shape index (κ3) is 3.76. The molecule has 25 heavy (non-hydrogen) atoms. The van der Waals surface area contributed by atoms with E-state index in [0.717, 1.165) is 38.6 Å². The van der Waals surface area contributed by atoms with Gasteiger partial charge in [-0.3, -0.25) is 0 Å². The summed E-state index contributed by atoms with van der Waals surface area (Å²) in [6.45, 7) is 12.6. The van der Waals surface area contributed by atoms with E-state index in [-0.39, 0.29) is 0 Å². The van der Waals surface area contributed by atoms with Crippen LogP contribution < -0.4 is 4.90 Å². The lowest BCUT2D eigenvalue weighted by Crippen LogP contribution is -2.22. The standard InChI is InChI=1S/C19H29N3O2Si/c1-25(2,3)7-6-23-14-21-5-4-15-8-18(9-20-19(15)21)22-10-16-12-24-13-17(16)11-22/h4-5,8-9,16-17H,6-7,10-14H2,1-3H3. The highest BCUT2D eigenvalue weighted by molar-refractivity contribution is 6.76. The Morgan fingerprint density at radius 2 is 2.00 bits per heavy atom. The average molecular weight is 360 g/mol. The summed E-state index contributed by atoms with van der Waals surface area (Å²) < 4.78 is 13.6. The lowest BCUT2D eigenvalue weighted by Gasteiger charge is -2.19. The van der Waals surface area contributed by atoms with Crippen molar-refractivity contribution >= 4 is 24.8 Å².